The summed E-state index contributed by atoms with van der Waals surface area (Å²) in [6.07, 6.45) is 15.0. The Kier molecular flexibility index (Phi) is 14.5. The van der Waals surface area contributed by atoms with Crippen LogP contribution in [0.4, 0.5) is 0 Å². The maximum atomic E-state index is 12.5. The van der Waals surface area contributed by atoms with Gasteiger partial charge in [0.1, 0.15) is 4.90 Å². The van der Waals surface area contributed by atoms with E-state index in [-0.39, 0.29) is 49.2 Å². The minimum absolute atomic E-state index is 0. The second-order valence-corrected chi connectivity index (χ2v) is 9.23. The molecule has 0 spiro atoms. The van der Waals surface area contributed by atoms with Crippen molar-refractivity contribution in [1.82, 2.24) is 0 Å². The van der Waals surface area contributed by atoms with Crippen LogP contribution in [-0.2, 0) is 14.3 Å². The van der Waals surface area contributed by atoms with Crippen molar-refractivity contribution >= 4 is 58.6 Å². The molecule has 2 aromatic carbocycles. The molecule has 0 saturated heterocycles. The van der Waals surface area contributed by atoms with Crippen LogP contribution < -0.4 is 0 Å². The first-order valence-electron chi connectivity index (χ1n) is 11.0. The second kappa shape index (κ2) is 15.6. The fourth-order valence-corrected chi connectivity index (χ4v) is 4.75. The fraction of sp³-hybridized carbons (Fsp3) is 0.583. The van der Waals surface area contributed by atoms with Gasteiger partial charge in [0, 0.05) is 5.39 Å². The van der Waals surface area contributed by atoms with Crippen molar-refractivity contribution in [2.24, 2.45) is 0 Å². The van der Waals surface area contributed by atoms with Crippen LogP contribution in [0.2, 0.25) is 0 Å². The van der Waals surface area contributed by atoms with E-state index in [9.17, 15) is 8.42 Å². The number of fused-ring (bicyclic) bond motifs is 1. The summed E-state index contributed by atoms with van der Waals surface area (Å²) in [6, 6.07) is 12.8. The SMILES string of the molecule is CCCCCCCCCCCCCCOS(=O)(=O)c1cccc2ccccc12.[CaH2]. The van der Waals surface area contributed by atoms with Gasteiger partial charge in [0.25, 0.3) is 10.1 Å². The summed E-state index contributed by atoms with van der Waals surface area (Å²) in [7, 11) is -3.70. The van der Waals surface area contributed by atoms with E-state index in [4.69, 9.17) is 4.18 Å². The first-order valence-corrected chi connectivity index (χ1v) is 12.4. The summed E-state index contributed by atoms with van der Waals surface area (Å²) in [6.45, 7) is 2.52. The molecule has 0 aliphatic heterocycles. The normalized spacial score (nSPS) is 11.5. The molecule has 0 aliphatic carbocycles. The molecule has 0 aliphatic rings. The monoisotopic (exact) mass is 446 g/mol. The summed E-state index contributed by atoms with van der Waals surface area (Å²) >= 11 is 0. The minimum atomic E-state index is -3.70. The zero-order valence-electron chi connectivity index (χ0n) is 17.4. The van der Waals surface area contributed by atoms with Crippen LogP contribution >= 0.6 is 0 Å². The molecule has 2 aromatic rings. The predicted octanol–water partition coefficient (Wildman–Crippen LogP) is 6.33. The maximum absolute atomic E-state index is 12.5. The number of hydrogen-bond acceptors (Lipinski definition) is 3. The summed E-state index contributed by atoms with van der Waals surface area (Å²) in [5, 5.41) is 1.64. The Balaban J connectivity index is 0.00000420. The van der Waals surface area contributed by atoms with Crippen LogP contribution in [-0.4, -0.2) is 52.8 Å². The van der Waals surface area contributed by atoms with E-state index in [0.29, 0.717) is 0 Å². The van der Waals surface area contributed by atoms with Gasteiger partial charge < -0.3 is 0 Å². The first-order chi connectivity index (χ1) is 13.6. The predicted molar refractivity (Wildman–Crippen MR) is 127 cm³/mol. The average molecular weight is 447 g/mol. The molecule has 0 heterocycles. The van der Waals surface area contributed by atoms with Gasteiger partial charge in [-0.1, -0.05) is 114 Å². The van der Waals surface area contributed by atoms with Crippen LogP contribution in [0.1, 0.15) is 84.0 Å². The zero-order valence-corrected chi connectivity index (χ0v) is 18.2. The van der Waals surface area contributed by atoms with Crippen LogP contribution in [0.25, 0.3) is 10.8 Å². The molecular weight excluding hydrogens is 408 g/mol. The van der Waals surface area contributed by atoms with Crippen molar-refractivity contribution in [2.75, 3.05) is 6.61 Å². The molecular formula is C24H38CaO3S. The molecule has 0 N–H and O–H groups in total. The second-order valence-electron chi connectivity index (χ2n) is 7.64. The van der Waals surface area contributed by atoms with Gasteiger partial charge in [0.15, 0.2) is 0 Å². The Hall–Kier alpha value is -0.130. The van der Waals surface area contributed by atoms with Crippen LogP contribution in [0, 0.1) is 0 Å². The molecule has 5 heteroatoms. The summed E-state index contributed by atoms with van der Waals surface area (Å²) in [5.74, 6) is 0. The zero-order chi connectivity index (χ0) is 20.1. The van der Waals surface area contributed by atoms with E-state index in [1.165, 1.54) is 57.8 Å². The molecule has 0 radical (unpaired) electrons. The first kappa shape index (κ1) is 26.9. The molecule has 0 amide bonds. The molecule has 0 aromatic heterocycles. The summed E-state index contributed by atoms with van der Waals surface area (Å²) < 4.78 is 30.3. The van der Waals surface area contributed by atoms with Crippen molar-refractivity contribution in [2.45, 2.75) is 88.9 Å². The summed E-state index contributed by atoms with van der Waals surface area (Å²) in [5.41, 5.74) is 0. The molecule has 2 rings (SSSR count). The average Bonchev–Trinajstić information content (AvgIpc) is 2.71. The Morgan fingerprint density at radius 1 is 0.690 bits per heavy atom. The van der Waals surface area contributed by atoms with E-state index in [2.05, 4.69) is 6.92 Å². The quantitative estimate of drug-likeness (QED) is 0.182. The molecule has 3 nitrogen and oxygen atoms in total. The molecule has 29 heavy (non-hydrogen) atoms. The van der Waals surface area contributed by atoms with Gasteiger partial charge in [-0.25, -0.2) is 0 Å². The Labute approximate surface area is 207 Å². The Morgan fingerprint density at radius 3 is 1.83 bits per heavy atom. The van der Waals surface area contributed by atoms with E-state index in [0.717, 1.165) is 30.0 Å². The number of benzene rings is 2. The number of hydrogen-bond donors (Lipinski definition) is 0. The number of rotatable bonds is 15. The molecule has 0 bridgehead atoms. The van der Waals surface area contributed by atoms with E-state index >= 15 is 0 Å². The van der Waals surface area contributed by atoms with Gasteiger partial charge in [0.2, 0.25) is 0 Å². The Morgan fingerprint density at radius 2 is 1.21 bits per heavy atom. The molecule has 0 fully saturated rings. The van der Waals surface area contributed by atoms with E-state index in [1.54, 1.807) is 12.1 Å². The van der Waals surface area contributed by atoms with Crippen LogP contribution in [0.15, 0.2) is 47.4 Å². The van der Waals surface area contributed by atoms with Gasteiger partial charge >= 0.3 is 37.7 Å². The van der Waals surface area contributed by atoms with Crippen molar-refractivity contribution in [1.29, 1.82) is 0 Å². The molecule has 0 unspecified atom stereocenters. The van der Waals surface area contributed by atoms with Crippen molar-refractivity contribution in [3.8, 4) is 0 Å². The van der Waals surface area contributed by atoms with Crippen molar-refractivity contribution in [3.63, 3.8) is 0 Å². The molecule has 160 valence electrons. The van der Waals surface area contributed by atoms with Gasteiger partial charge in [-0.3, -0.25) is 4.18 Å². The van der Waals surface area contributed by atoms with E-state index in [1.807, 2.05) is 30.3 Å². The number of unbranched alkanes of at least 4 members (excludes halogenated alkanes) is 11. The summed E-state index contributed by atoms with van der Waals surface area (Å²) in [4.78, 5) is 0.268. The van der Waals surface area contributed by atoms with E-state index < -0.39 is 10.1 Å². The molecule has 0 atom stereocenters. The third kappa shape index (κ3) is 10.1. The Bertz CT molecular complexity index is 784. The van der Waals surface area contributed by atoms with Gasteiger partial charge in [-0.2, -0.15) is 8.42 Å². The van der Waals surface area contributed by atoms with Gasteiger partial charge in [-0.15, -0.1) is 0 Å². The molecule has 0 saturated carbocycles. The van der Waals surface area contributed by atoms with Crippen molar-refractivity contribution in [3.05, 3.63) is 42.5 Å². The fourth-order valence-electron chi connectivity index (χ4n) is 3.59. The third-order valence-corrected chi connectivity index (χ3v) is 6.63. The standard InChI is InChI=1S/C24H36O3S.Ca.2H/c1-2-3-4-5-6-7-8-9-10-11-12-15-21-27-28(25,26)24-20-16-18-22-17-13-14-19-23(22)24;;;/h13-14,16-20H,2-12,15,21H2,1H3;;;. The third-order valence-electron chi connectivity index (χ3n) is 5.26. The van der Waals surface area contributed by atoms with Gasteiger partial charge in [-0.05, 0) is 17.9 Å². The van der Waals surface area contributed by atoms with Crippen LogP contribution in [0.5, 0.6) is 0 Å². The topological polar surface area (TPSA) is 43.4 Å². The van der Waals surface area contributed by atoms with Crippen molar-refractivity contribution < 1.29 is 12.6 Å². The van der Waals surface area contributed by atoms with Gasteiger partial charge in [0.05, 0.1) is 6.61 Å². The van der Waals surface area contributed by atoms with Crippen LogP contribution in [0.3, 0.4) is 0 Å².